The molecular weight excluding hydrogens is 291 g/mol. The summed E-state index contributed by atoms with van der Waals surface area (Å²) in [5.74, 6) is 0.622. The zero-order chi connectivity index (χ0) is 13.7. The molecule has 1 heterocycles. The van der Waals surface area contributed by atoms with Crippen molar-refractivity contribution in [2.45, 2.75) is 0 Å². The minimum Gasteiger partial charge on any atom is -0.403 e. The van der Waals surface area contributed by atoms with E-state index in [0.29, 0.717) is 28.9 Å². The predicted molar refractivity (Wildman–Crippen MR) is 72.5 cm³/mol. The predicted octanol–water partition coefficient (Wildman–Crippen LogP) is 2.75. The van der Waals surface area contributed by atoms with Gasteiger partial charge in [-0.2, -0.15) is 0 Å². The largest absolute Gasteiger partial charge is 0.403 e. The SMILES string of the molecule is O=C(NCCCl)Nc1nnc(-c2ccc(Cl)cc2)o1. The summed E-state index contributed by atoms with van der Waals surface area (Å²) in [4.78, 5) is 11.3. The minimum atomic E-state index is -0.452. The van der Waals surface area contributed by atoms with Gasteiger partial charge in [-0.05, 0) is 24.3 Å². The van der Waals surface area contributed by atoms with Crippen molar-refractivity contribution in [2.24, 2.45) is 0 Å². The molecule has 0 spiro atoms. The van der Waals surface area contributed by atoms with Gasteiger partial charge in [0.2, 0.25) is 5.89 Å². The van der Waals surface area contributed by atoms with Gasteiger partial charge in [-0.3, -0.25) is 5.32 Å². The van der Waals surface area contributed by atoms with Crippen molar-refractivity contribution in [1.29, 1.82) is 0 Å². The number of amides is 2. The molecule has 1 aromatic heterocycles. The van der Waals surface area contributed by atoms with Crippen molar-refractivity contribution < 1.29 is 9.21 Å². The van der Waals surface area contributed by atoms with Crippen molar-refractivity contribution in [3.63, 3.8) is 0 Å². The van der Waals surface area contributed by atoms with Gasteiger partial charge in [-0.25, -0.2) is 4.79 Å². The standard InChI is InChI=1S/C11H10Cl2N4O2/c12-5-6-14-10(18)15-11-17-16-9(19-11)7-1-3-8(13)4-2-7/h1-4H,5-6H2,(H2,14,15,17,18). The molecule has 0 bridgehead atoms. The van der Waals surface area contributed by atoms with Crippen molar-refractivity contribution in [2.75, 3.05) is 17.7 Å². The Balaban J connectivity index is 2.02. The third-order valence-corrected chi connectivity index (χ3v) is 2.56. The first-order valence-corrected chi connectivity index (χ1v) is 6.30. The Morgan fingerprint density at radius 1 is 1.26 bits per heavy atom. The van der Waals surface area contributed by atoms with Gasteiger partial charge < -0.3 is 9.73 Å². The summed E-state index contributed by atoms with van der Waals surface area (Å²) in [7, 11) is 0. The van der Waals surface area contributed by atoms with E-state index < -0.39 is 6.03 Å². The van der Waals surface area contributed by atoms with Gasteiger partial charge in [0.15, 0.2) is 0 Å². The molecule has 100 valence electrons. The highest BCUT2D eigenvalue weighted by Gasteiger charge is 2.10. The van der Waals surface area contributed by atoms with Gasteiger partial charge in [-0.1, -0.05) is 16.7 Å². The second-order valence-electron chi connectivity index (χ2n) is 3.49. The molecular formula is C11H10Cl2N4O2. The van der Waals surface area contributed by atoms with E-state index in [2.05, 4.69) is 20.8 Å². The minimum absolute atomic E-state index is 0.0111. The fourth-order valence-electron chi connectivity index (χ4n) is 1.28. The molecule has 0 radical (unpaired) electrons. The Morgan fingerprint density at radius 3 is 2.68 bits per heavy atom. The number of nitrogens with one attached hydrogen (secondary N) is 2. The fourth-order valence-corrected chi connectivity index (χ4v) is 1.51. The van der Waals surface area contributed by atoms with Crippen molar-refractivity contribution >= 4 is 35.2 Å². The zero-order valence-electron chi connectivity index (χ0n) is 9.69. The highest BCUT2D eigenvalue weighted by atomic mass is 35.5. The molecule has 2 amide bonds. The lowest BCUT2D eigenvalue weighted by atomic mass is 10.2. The summed E-state index contributed by atoms with van der Waals surface area (Å²) in [6.07, 6.45) is 0. The molecule has 2 aromatic rings. The molecule has 2 rings (SSSR count). The third kappa shape index (κ3) is 3.84. The fraction of sp³-hybridized carbons (Fsp3) is 0.182. The van der Waals surface area contributed by atoms with Crippen LogP contribution in [0, 0.1) is 0 Å². The highest BCUT2D eigenvalue weighted by molar-refractivity contribution is 6.30. The van der Waals surface area contributed by atoms with Gasteiger partial charge in [0.1, 0.15) is 0 Å². The topological polar surface area (TPSA) is 80.0 Å². The number of anilines is 1. The lowest BCUT2D eigenvalue weighted by molar-refractivity contribution is 0.252. The number of hydrogen-bond donors (Lipinski definition) is 2. The summed E-state index contributed by atoms with van der Waals surface area (Å²) in [6, 6.07) is 6.47. The summed E-state index contributed by atoms with van der Waals surface area (Å²) < 4.78 is 5.29. The van der Waals surface area contributed by atoms with Crippen LogP contribution >= 0.6 is 23.2 Å². The molecule has 8 heteroatoms. The van der Waals surface area contributed by atoms with Gasteiger partial charge in [0.25, 0.3) is 0 Å². The van der Waals surface area contributed by atoms with E-state index in [1.54, 1.807) is 24.3 Å². The molecule has 2 N–H and O–H groups in total. The molecule has 0 fully saturated rings. The van der Waals surface area contributed by atoms with Gasteiger partial charge >= 0.3 is 12.0 Å². The molecule has 0 unspecified atom stereocenters. The van der Waals surface area contributed by atoms with E-state index >= 15 is 0 Å². The summed E-state index contributed by atoms with van der Waals surface area (Å²) in [5.41, 5.74) is 0.714. The Morgan fingerprint density at radius 2 is 2.00 bits per heavy atom. The van der Waals surface area contributed by atoms with Crippen LogP contribution in [0.15, 0.2) is 28.7 Å². The van der Waals surface area contributed by atoms with Crippen LogP contribution in [0.1, 0.15) is 0 Å². The number of aromatic nitrogens is 2. The third-order valence-electron chi connectivity index (χ3n) is 2.12. The summed E-state index contributed by atoms with van der Waals surface area (Å²) in [6.45, 7) is 0.353. The van der Waals surface area contributed by atoms with E-state index in [-0.39, 0.29) is 6.01 Å². The number of halogens is 2. The average molecular weight is 301 g/mol. The quantitative estimate of drug-likeness (QED) is 0.851. The number of hydrogen-bond acceptors (Lipinski definition) is 4. The lowest BCUT2D eigenvalue weighted by Crippen LogP contribution is -2.30. The molecule has 0 saturated heterocycles. The van der Waals surface area contributed by atoms with Gasteiger partial charge in [0.05, 0.1) is 0 Å². The van der Waals surface area contributed by atoms with E-state index in [1.807, 2.05) is 0 Å². The van der Waals surface area contributed by atoms with Crippen LogP contribution in [0.5, 0.6) is 0 Å². The number of rotatable bonds is 4. The van der Waals surface area contributed by atoms with Crippen LogP contribution < -0.4 is 10.6 Å². The molecule has 0 atom stereocenters. The van der Waals surface area contributed by atoms with Crippen molar-refractivity contribution in [3.8, 4) is 11.5 Å². The number of urea groups is 1. The van der Waals surface area contributed by atoms with Gasteiger partial charge in [-0.15, -0.1) is 16.7 Å². The molecule has 19 heavy (non-hydrogen) atoms. The normalized spacial score (nSPS) is 10.2. The second-order valence-corrected chi connectivity index (χ2v) is 4.30. The van der Waals surface area contributed by atoms with Crippen LogP contribution in [-0.2, 0) is 0 Å². The Kier molecular flexibility index (Phi) is 4.59. The monoisotopic (exact) mass is 300 g/mol. The first kappa shape index (κ1) is 13.6. The molecule has 0 saturated carbocycles. The first-order chi connectivity index (χ1) is 9.19. The maximum Gasteiger partial charge on any atom is 0.324 e. The zero-order valence-corrected chi connectivity index (χ0v) is 11.2. The van der Waals surface area contributed by atoms with Crippen LogP contribution in [0.25, 0.3) is 11.5 Å². The maximum atomic E-state index is 11.3. The van der Waals surface area contributed by atoms with E-state index in [9.17, 15) is 4.79 Å². The number of nitrogens with zero attached hydrogens (tertiary/aromatic N) is 2. The van der Waals surface area contributed by atoms with Gasteiger partial charge in [0, 0.05) is 23.0 Å². The van der Waals surface area contributed by atoms with E-state index in [0.717, 1.165) is 0 Å². The smallest absolute Gasteiger partial charge is 0.324 e. The van der Waals surface area contributed by atoms with Crippen LogP contribution in [0.2, 0.25) is 5.02 Å². The van der Waals surface area contributed by atoms with E-state index in [4.69, 9.17) is 27.6 Å². The molecule has 0 aliphatic carbocycles. The van der Waals surface area contributed by atoms with Crippen molar-refractivity contribution in [3.05, 3.63) is 29.3 Å². The molecule has 0 aliphatic rings. The lowest BCUT2D eigenvalue weighted by Gasteiger charge is -2.00. The molecule has 6 nitrogen and oxygen atoms in total. The van der Waals surface area contributed by atoms with Crippen LogP contribution in [0.3, 0.4) is 0 Å². The summed E-state index contributed by atoms with van der Waals surface area (Å²) >= 11 is 11.2. The Bertz CT molecular complexity index is 556. The Labute approximate surface area is 119 Å². The maximum absolute atomic E-state index is 11.3. The highest BCUT2D eigenvalue weighted by Crippen LogP contribution is 2.21. The number of benzene rings is 1. The molecule has 1 aromatic carbocycles. The van der Waals surface area contributed by atoms with E-state index in [1.165, 1.54) is 0 Å². The Hall–Kier alpha value is -1.79. The number of alkyl halides is 1. The van der Waals surface area contributed by atoms with Crippen molar-refractivity contribution in [1.82, 2.24) is 15.5 Å². The summed E-state index contributed by atoms with van der Waals surface area (Å²) in [5, 5.41) is 13.1. The number of carbonyl (C=O) groups excluding carboxylic acids is 1. The first-order valence-electron chi connectivity index (χ1n) is 5.39. The number of carbonyl (C=O) groups is 1. The van der Waals surface area contributed by atoms with Crippen LogP contribution in [-0.4, -0.2) is 28.7 Å². The average Bonchev–Trinajstić information content (AvgIpc) is 2.85. The molecule has 0 aliphatic heterocycles. The van der Waals surface area contributed by atoms with Crippen LogP contribution in [0.4, 0.5) is 10.8 Å². The second kappa shape index (κ2) is 6.40.